The summed E-state index contributed by atoms with van der Waals surface area (Å²) >= 11 is 4.53. The molecule has 0 aliphatic rings. The zero-order valence-electron chi connectivity index (χ0n) is 12.2. The van der Waals surface area contributed by atoms with Crippen molar-refractivity contribution in [1.82, 2.24) is 0 Å². The monoisotopic (exact) mass is 258 g/mol. The van der Waals surface area contributed by atoms with E-state index in [4.69, 9.17) is 0 Å². The molecular weight excluding hydrogens is 224 g/mol. The third-order valence-corrected chi connectivity index (χ3v) is 4.24. The fourth-order valence-electron chi connectivity index (χ4n) is 2.25. The van der Waals surface area contributed by atoms with Crippen LogP contribution in [0.5, 0.6) is 0 Å². The second kappa shape index (κ2) is 14.4. The molecule has 1 heteroatoms. The third-order valence-electron chi connectivity index (χ3n) is 3.61. The molecule has 0 rings (SSSR count). The highest BCUT2D eigenvalue weighted by Gasteiger charge is 1.98. The van der Waals surface area contributed by atoms with Gasteiger partial charge in [-0.3, -0.25) is 0 Å². The average Bonchev–Trinajstić information content (AvgIpc) is 2.35. The van der Waals surface area contributed by atoms with Crippen LogP contribution in [0.2, 0.25) is 0 Å². The predicted octanol–water partition coefficient (Wildman–Crippen LogP) is 6.40. The van der Waals surface area contributed by atoms with Gasteiger partial charge >= 0.3 is 0 Å². The Morgan fingerprint density at radius 2 is 1.06 bits per heavy atom. The Morgan fingerprint density at radius 3 is 1.47 bits per heavy atom. The maximum Gasteiger partial charge on any atom is 0.00141 e. The van der Waals surface area contributed by atoms with Gasteiger partial charge in [0.25, 0.3) is 0 Å². The van der Waals surface area contributed by atoms with E-state index in [0.29, 0.717) is 5.25 Å². The van der Waals surface area contributed by atoms with E-state index in [1.54, 1.807) is 0 Å². The lowest BCUT2D eigenvalue weighted by Crippen LogP contribution is -1.95. The van der Waals surface area contributed by atoms with E-state index in [1.165, 1.54) is 83.5 Å². The van der Waals surface area contributed by atoms with Crippen LogP contribution < -0.4 is 0 Å². The molecule has 0 aromatic rings. The van der Waals surface area contributed by atoms with Crippen LogP contribution in [0.25, 0.3) is 0 Å². The maximum absolute atomic E-state index is 4.53. The molecule has 0 radical (unpaired) electrons. The Bertz CT molecular complexity index is 133. The van der Waals surface area contributed by atoms with Crippen LogP contribution in [0.3, 0.4) is 0 Å². The van der Waals surface area contributed by atoms with E-state index < -0.39 is 0 Å². The Balaban J connectivity index is 2.94. The lowest BCUT2D eigenvalue weighted by molar-refractivity contribution is 0.540. The molecule has 0 aromatic carbocycles. The molecule has 17 heavy (non-hydrogen) atoms. The molecule has 0 spiro atoms. The molecule has 0 heterocycles. The average molecular weight is 259 g/mol. The van der Waals surface area contributed by atoms with Gasteiger partial charge in [0.1, 0.15) is 0 Å². The summed E-state index contributed by atoms with van der Waals surface area (Å²) in [4.78, 5) is 0. The van der Waals surface area contributed by atoms with E-state index in [9.17, 15) is 0 Å². The van der Waals surface area contributed by atoms with E-state index in [-0.39, 0.29) is 0 Å². The Morgan fingerprint density at radius 1 is 0.647 bits per heavy atom. The van der Waals surface area contributed by atoms with Gasteiger partial charge in [-0.1, -0.05) is 84.5 Å². The van der Waals surface area contributed by atoms with E-state index in [0.717, 1.165) is 0 Å². The van der Waals surface area contributed by atoms with E-state index in [1.807, 2.05) is 0 Å². The standard InChI is InChI=1S/C16H34S/c1-3-5-6-7-8-9-10-11-12-13-14-15-16(17)4-2/h16-17H,3-15H2,1-2H3. The molecule has 0 aromatic heterocycles. The molecule has 0 fully saturated rings. The summed E-state index contributed by atoms with van der Waals surface area (Å²) in [5.41, 5.74) is 0. The molecule has 0 saturated carbocycles. The summed E-state index contributed by atoms with van der Waals surface area (Å²) in [5, 5.41) is 0.647. The molecular formula is C16H34S. The van der Waals surface area contributed by atoms with Crippen LogP contribution in [-0.2, 0) is 0 Å². The van der Waals surface area contributed by atoms with Crippen molar-refractivity contribution in [1.29, 1.82) is 0 Å². The highest BCUT2D eigenvalue weighted by molar-refractivity contribution is 7.80. The minimum atomic E-state index is 0.647. The molecule has 0 nitrogen and oxygen atoms in total. The van der Waals surface area contributed by atoms with Crippen molar-refractivity contribution in [2.24, 2.45) is 0 Å². The van der Waals surface area contributed by atoms with E-state index >= 15 is 0 Å². The van der Waals surface area contributed by atoms with Crippen molar-refractivity contribution in [3.8, 4) is 0 Å². The van der Waals surface area contributed by atoms with Gasteiger partial charge in [0.05, 0.1) is 0 Å². The van der Waals surface area contributed by atoms with Crippen LogP contribution in [0, 0.1) is 0 Å². The highest BCUT2D eigenvalue weighted by Crippen LogP contribution is 2.14. The summed E-state index contributed by atoms with van der Waals surface area (Å²) in [5.74, 6) is 0. The first-order chi connectivity index (χ1) is 8.31. The molecule has 104 valence electrons. The topological polar surface area (TPSA) is 0 Å². The first-order valence-electron chi connectivity index (χ1n) is 7.99. The third kappa shape index (κ3) is 14.3. The van der Waals surface area contributed by atoms with Crippen molar-refractivity contribution >= 4 is 12.6 Å². The van der Waals surface area contributed by atoms with Crippen molar-refractivity contribution < 1.29 is 0 Å². The smallest absolute Gasteiger partial charge is 0.00141 e. The Kier molecular flexibility index (Phi) is 14.7. The number of thiol groups is 1. The molecule has 0 aliphatic carbocycles. The summed E-state index contributed by atoms with van der Waals surface area (Å²) in [6, 6.07) is 0. The van der Waals surface area contributed by atoms with Gasteiger partial charge in [-0.2, -0.15) is 12.6 Å². The zero-order chi connectivity index (χ0) is 12.8. The van der Waals surface area contributed by atoms with Crippen molar-refractivity contribution in [2.75, 3.05) is 0 Å². The van der Waals surface area contributed by atoms with Gasteiger partial charge in [0.15, 0.2) is 0 Å². The summed E-state index contributed by atoms with van der Waals surface area (Å²) in [6.07, 6.45) is 18.4. The normalized spacial score (nSPS) is 12.9. The molecule has 0 bridgehead atoms. The van der Waals surface area contributed by atoms with Gasteiger partial charge in [-0.05, 0) is 12.8 Å². The summed E-state index contributed by atoms with van der Waals surface area (Å²) < 4.78 is 0. The largest absolute Gasteiger partial charge is 0.176 e. The van der Waals surface area contributed by atoms with Crippen LogP contribution >= 0.6 is 12.6 Å². The molecule has 0 amide bonds. The second-order valence-corrected chi connectivity index (χ2v) is 6.12. The number of unbranched alkanes of at least 4 members (excludes halogenated alkanes) is 10. The zero-order valence-corrected chi connectivity index (χ0v) is 13.1. The van der Waals surface area contributed by atoms with E-state index in [2.05, 4.69) is 26.5 Å². The second-order valence-electron chi connectivity index (χ2n) is 5.39. The van der Waals surface area contributed by atoms with Crippen LogP contribution in [0.4, 0.5) is 0 Å². The van der Waals surface area contributed by atoms with Crippen molar-refractivity contribution in [3.63, 3.8) is 0 Å². The van der Waals surface area contributed by atoms with Crippen molar-refractivity contribution in [3.05, 3.63) is 0 Å². The van der Waals surface area contributed by atoms with Crippen LogP contribution in [0.1, 0.15) is 97.3 Å². The van der Waals surface area contributed by atoms with Gasteiger partial charge < -0.3 is 0 Å². The predicted molar refractivity (Wildman–Crippen MR) is 84.1 cm³/mol. The summed E-state index contributed by atoms with van der Waals surface area (Å²) in [6.45, 7) is 4.52. The summed E-state index contributed by atoms with van der Waals surface area (Å²) in [7, 11) is 0. The van der Waals surface area contributed by atoms with Gasteiger partial charge in [-0.25, -0.2) is 0 Å². The lowest BCUT2D eigenvalue weighted by atomic mass is 10.0. The van der Waals surface area contributed by atoms with Gasteiger partial charge in [0, 0.05) is 5.25 Å². The molecule has 1 atom stereocenters. The first kappa shape index (κ1) is 17.4. The highest BCUT2D eigenvalue weighted by atomic mass is 32.1. The molecule has 0 aliphatic heterocycles. The minimum absolute atomic E-state index is 0.647. The molecule has 0 N–H and O–H groups in total. The fraction of sp³-hybridized carbons (Fsp3) is 1.00. The van der Waals surface area contributed by atoms with Crippen molar-refractivity contribution in [2.45, 2.75) is 103 Å². The van der Waals surface area contributed by atoms with Crippen LogP contribution in [0.15, 0.2) is 0 Å². The number of rotatable bonds is 13. The Hall–Kier alpha value is 0.350. The maximum atomic E-state index is 4.53. The lowest BCUT2D eigenvalue weighted by Gasteiger charge is -2.06. The number of hydrogen-bond donors (Lipinski definition) is 1. The van der Waals surface area contributed by atoms with Crippen LogP contribution in [-0.4, -0.2) is 5.25 Å². The fourth-order valence-corrected chi connectivity index (χ4v) is 2.43. The quantitative estimate of drug-likeness (QED) is 0.287. The van der Waals surface area contributed by atoms with Gasteiger partial charge in [0.2, 0.25) is 0 Å². The molecule has 0 saturated heterocycles. The van der Waals surface area contributed by atoms with Gasteiger partial charge in [-0.15, -0.1) is 0 Å². The minimum Gasteiger partial charge on any atom is -0.176 e. The Labute approximate surface area is 115 Å². The molecule has 1 unspecified atom stereocenters. The number of hydrogen-bond acceptors (Lipinski definition) is 1. The SMILES string of the molecule is CCCCCCCCCCCCCC(S)CC. The first-order valence-corrected chi connectivity index (χ1v) is 8.51.